The number of amides is 1. The van der Waals surface area contributed by atoms with E-state index in [0.717, 1.165) is 22.5 Å². The van der Waals surface area contributed by atoms with Crippen LogP contribution in [0.25, 0.3) is 16.9 Å². The van der Waals surface area contributed by atoms with E-state index in [1.807, 2.05) is 53.2 Å². The predicted octanol–water partition coefficient (Wildman–Crippen LogP) is 4.05. The van der Waals surface area contributed by atoms with Gasteiger partial charge in [0.1, 0.15) is 5.65 Å². The quantitative estimate of drug-likeness (QED) is 0.715. The van der Waals surface area contributed by atoms with Gasteiger partial charge in [0.15, 0.2) is 0 Å². The Labute approximate surface area is 146 Å². The van der Waals surface area contributed by atoms with Crippen LogP contribution in [-0.4, -0.2) is 27.2 Å². The molecule has 0 spiro atoms. The molecule has 23 heavy (non-hydrogen) atoms. The predicted molar refractivity (Wildman–Crippen MR) is 95.0 cm³/mol. The van der Waals surface area contributed by atoms with E-state index in [4.69, 9.17) is 11.6 Å². The highest BCUT2D eigenvalue weighted by Crippen LogP contribution is 2.21. The summed E-state index contributed by atoms with van der Waals surface area (Å²) < 4.78 is 1.91. The second-order valence-corrected chi connectivity index (χ2v) is 5.75. The van der Waals surface area contributed by atoms with Crippen LogP contribution in [0.2, 0.25) is 5.02 Å². The van der Waals surface area contributed by atoms with E-state index in [0.29, 0.717) is 11.6 Å². The van der Waals surface area contributed by atoms with Crippen molar-refractivity contribution in [1.29, 1.82) is 0 Å². The third kappa shape index (κ3) is 3.84. The minimum absolute atomic E-state index is 0. The Bertz CT molecular complexity index is 827. The van der Waals surface area contributed by atoms with Gasteiger partial charge in [0.05, 0.1) is 10.7 Å². The first kappa shape index (κ1) is 17.3. The molecule has 0 unspecified atom stereocenters. The summed E-state index contributed by atoms with van der Waals surface area (Å²) in [4.78, 5) is 17.5. The maximum atomic E-state index is 11.3. The number of fused-ring (bicyclic) bond motifs is 1. The van der Waals surface area contributed by atoms with Crippen LogP contribution in [0.15, 0.2) is 48.8 Å². The fourth-order valence-electron chi connectivity index (χ4n) is 2.27. The molecule has 0 saturated heterocycles. The number of pyridine rings is 1. The molecule has 1 amide bonds. The number of carbonyl (C=O) groups excluding carboxylic acids is 1. The Morgan fingerprint density at radius 3 is 2.52 bits per heavy atom. The largest absolute Gasteiger partial charge is 0.342 e. The normalized spacial score (nSPS) is 10.4. The molecule has 0 N–H and O–H groups in total. The van der Waals surface area contributed by atoms with Crippen molar-refractivity contribution in [2.45, 2.75) is 13.5 Å². The van der Waals surface area contributed by atoms with Crippen LogP contribution in [0, 0.1) is 0 Å². The molecule has 1 aromatic carbocycles. The number of rotatable bonds is 3. The minimum atomic E-state index is 0. The molecule has 120 valence electrons. The molecule has 0 radical (unpaired) electrons. The van der Waals surface area contributed by atoms with E-state index in [2.05, 4.69) is 4.98 Å². The molecule has 0 aliphatic rings. The first-order valence-electron chi connectivity index (χ1n) is 6.98. The van der Waals surface area contributed by atoms with Gasteiger partial charge in [0.25, 0.3) is 0 Å². The van der Waals surface area contributed by atoms with Gasteiger partial charge in [-0.2, -0.15) is 0 Å². The van der Waals surface area contributed by atoms with Crippen molar-refractivity contribution in [3.63, 3.8) is 0 Å². The Balaban J connectivity index is 0.00000192. The fraction of sp³-hybridized carbons (Fsp3) is 0.176. The SMILES string of the molecule is CC(=O)N(C)Cc1ccc(-c2cn3cc(Cl)ccc3n2)cc1.Cl. The smallest absolute Gasteiger partial charge is 0.219 e. The van der Waals surface area contributed by atoms with Gasteiger partial charge in [-0.15, -0.1) is 12.4 Å². The number of nitrogens with zero attached hydrogens (tertiary/aromatic N) is 3. The Morgan fingerprint density at radius 2 is 1.87 bits per heavy atom. The molecule has 0 bridgehead atoms. The Hall–Kier alpha value is -2.04. The van der Waals surface area contributed by atoms with Gasteiger partial charge >= 0.3 is 0 Å². The van der Waals surface area contributed by atoms with E-state index >= 15 is 0 Å². The summed E-state index contributed by atoms with van der Waals surface area (Å²) in [5, 5.41) is 0.680. The summed E-state index contributed by atoms with van der Waals surface area (Å²) >= 11 is 5.99. The van der Waals surface area contributed by atoms with E-state index in [9.17, 15) is 4.79 Å². The first-order chi connectivity index (χ1) is 10.5. The van der Waals surface area contributed by atoms with Gasteiger partial charge in [-0.1, -0.05) is 35.9 Å². The van der Waals surface area contributed by atoms with Crippen LogP contribution < -0.4 is 0 Å². The molecule has 0 aliphatic heterocycles. The number of imidazole rings is 1. The lowest BCUT2D eigenvalue weighted by molar-refractivity contribution is -0.128. The standard InChI is InChI=1S/C17H16ClN3O.ClH/c1-12(22)20(2)9-13-3-5-14(6-4-13)16-11-21-10-15(18)7-8-17(21)19-16;/h3-8,10-11H,9H2,1-2H3;1H. The molecule has 0 atom stereocenters. The van der Waals surface area contributed by atoms with Crippen molar-refractivity contribution in [2.24, 2.45) is 0 Å². The molecule has 2 aromatic heterocycles. The zero-order valence-corrected chi connectivity index (χ0v) is 14.4. The number of hydrogen-bond donors (Lipinski definition) is 0. The first-order valence-corrected chi connectivity index (χ1v) is 7.36. The summed E-state index contributed by atoms with van der Waals surface area (Å²) in [5.41, 5.74) is 3.89. The number of aromatic nitrogens is 2. The summed E-state index contributed by atoms with van der Waals surface area (Å²) in [6, 6.07) is 11.8. The minimum Gasteiger partial charge on any atom is -0.342 e. The van der Waals surface area contributed by atoms with Gasteiger partial charge < -0.3 is 9.30 Å². The van der Waals surface area contributed by atoms with Crippen LogP contribution in [0.1, 0.15) is 12.5 Å². The monoisotopic (exact) mass is 349 g/mol. The number of benzene rings is 1. The molecule has 0 aliphatic carbocycles. The highest BCUT2D eigenvalue weighted by molar-refractivity contribution is 6.30. The molecular weight excluding hydrogens is 333 g/mol. The van der Waals surface area contributed by atoms with Crippen molar-refractivity contribution < 1.29 is 4.79 Å². The van der Waals surface area contributed by atoms with Crippen molar-refractivity contribution in [2.75, 3.05) is 7.05 Å². The van der Waals surface area contributed by atoms with E-state index in [1.54, 1.807) is 18.9 Å². The van der Waals surface area contributed by atoms with Gasteiger partial charge in [0.2, 0.25) is 5.91 Å². The van der Waals surface area contributed by atoms with Crippen LogP contribution >= 0.6 is 24.0 Å². The lowest BCUT2D eigenvalue weighted by Crippen LogP contribution is -2.22. The van der Waals surface area contributed by atoms with Gasteiger partial charge in [0, 0.05) is 38.5 Å². The van der Waals surface area contributed by atoms with Crippen molar-refractivity contribution in [3.05, 3.63) is 59.4 Å². The molecule has 3 rings (SSSR count). The lowest BCUT2D eigenvalue weighted by atomic mass is 10.1. The summed E-state index contributed by atoms with van der Waals surface area (Å²) in [5.74, 6) is 0.0568. The summed E-state index contributed by atoms with van der Waals surface area (Å²) in [6.07, 6.45) is 3.79. The third-order valence-corrected chi connectivity index (χ3v) is 3.85. The maximum Gasteiger partial charge on any atom is 0.219 e. The van der Waals surface area contributed by atoms with Crippen LogP contribution in [0.5, 0.6) is 0 Å². The topological polar surface area (TPSA) is 37.6 Å². The maximum absolute atomic E-state index is 11.3. The third-order valence-electron chi connectivity index (χ3n) is 3.62. The van der Waals surface area contributed by atoms with Crippen molar-refractivity contribution >= 4 is 35.6 Å². The fourth-order valence-corrected chi connectivity index (χ4v) is 2.44. The molecule has 6 heteroatoms. The second-order valence-electron chi connectivity index (χ2n) is 5.31. The van der Waals surface area contributed by atoms with Crippen molar-refractivity contribution in [1.82, 2.24) is 14.3 Å². The average Bonchev–Trinajstić information content (AvgIpc) is 2.90. The average molecular weight is 350 g/mol. The molecule has 3 aromatic rings. The Kier molecular flexibility index (Phi) is 5.29. The van der Waals surface area contributed by atoms with E-state index < -0.39 is 0 Å². The lowest BCUT2D eigenvalue weighted by Gasteiger charge is -2.14. The van der Waals surface area contributed by atoms with E-state index in [-0.39, 0.29) is 18.3 Å². The van der Waals surface area contributed by atoms with Crippen molar-refractivity contribution in [3.8, 4) is 11.3 Å². The highest BCUT2D eigenvalue weighted by atomic mass is 35.5. The molecule has 4 nitrogen and oxygen atoms in total. The molecule has 2 heterocycles. The van der Waals surface area contributed by atoms with Crippen LogP contribution in [-0.2, 0) is 11.3 Å². The highest BCUT2D eigenvalue weighted by Gasteiger charge is 2.06. The van der Waals surface area contributed by atoms with Crippen LogP contribution in [0.4, 0.5) is 0 Å². The van der Waals surface area contributed by atoms with Gasteiger partial charge in [-0.05, 0) is 17.7 Å². The zero-order chi connectivity index (χ0) is 15.7. The van der Waals surface area contributed by atoms with Crippen LogP contribution in [0.3, 0.4) is 0 Å². The van der Waals surface area contributed by atoms with E-state index in [1.165, 1.54) is 0 Å². The molecule has 0 fully saturated rings. The number of carbonyl (C=O) groups is 1. The number of halogens is 2. The Morgan fingerprint density at radius 1 is 1.17 bits per heavy atom. The zero-order valence-electron chi connectivity index (χ0n) is 12.9. The summed E-state index contributed by atoms with van der Waals surface area (Å²) in [6.45, 7) is 2.17. The molecule has 0 saturated carbocycles. The summed E-state index contributed by atoms with van der Waals surface area (Å²) in [7, 11) is 1.79. The molecular formula is C17H17Cl2N3O. The number of hydrogen-bond acceptors (Lipinski definition) is 2. The van der Waals surface area contributed by atoms with Gasteiger partial charge in [-0.3, -0.25) is 4.79 Å². The van der Waals surface area contributed by atoms with Gasteiger partial charge in [-0.25, -0.2) is 4.98 Å². The second kappa shape index (κ2) is 7.02.